The van der Waals surface area contributed by atoms with E-state index in [9.17, 15) is 4.79 Å². The number of piperidine rings is 1. The Balaban J connectivity index is 2.07. The molecule has 0 spiro atoms. The number of rotatable bonds is 1. The van der Waals surface area contributed by atoms with Gasteiger partial charge in [0.2, 0.25) is 5.91 Å². The highest BCUT2D eigenvalue weighted by atomic mass is 16.1. The molecule has 0 saturated carbocycles. The summed E-state index contributed by atoms with van der Waals surface area (Å²) in [5.41, 5.74) is 5.24. The fourth-order valence-electron chi connectivity index (χ4n) is 1.95. The number of carbonyl (C=O) groups excluding carboxylic acids is 1. The van der Waals surface area contributed by atoms with Crippen LogP contribution in [0, 0.1) is 0 Å². The third kappa shape index (κ3) is 1.12. The largest absolute Gasteiger partial charge is 0.368 e. The number of amides is 1. The molecule has 0 aromatic heterocycles. The van der Waals surface area contributed by atoms with Crippen molar-refractivity contribution in [1.82, 2.24) is 10.2 Å². The molecule has 0 aromatic rings. The first-order chi connectivity index (χ1) is 5.27. The molecule has 2 aliphatic heterocycles. The molecule has 11 heavy (non-hydrogen) atoms. The Hall–Kier alpha value is -0.610. The average Bonchev–Trinajstić information content (AvgIpc) is 2.32. The standard InChI is InChI=1S/C7H13N3O/c8-7(11)6-2-1-5-3-10(6)4-9-5/h5-6,9H,1-4H2,(H2,8,11)/t5-,6+/m1/s1. The highest BCUT2D eigenvalue weighted by Crippen LogP contribution is 2.20. The quantitative estimate of drug-likeness (QED) is 0.503. The van der Waals surface area contributed by atoms with Gasteiger partial charge in [-0.3, -0.25) is 9.69 Å². The van der Waals surface area contributed by atoms with Crippen LogP contribution in [0.2, 0.25) is 0 Å². The van der Waals surface area contributed by atoms with Crippen LogP contribution in [0.5, 0.6) is 0 Å². The molecule has 2 saturated heterocycles. The van der Waals surface area contributed by atoms with Crippen LogP contribution in [-0.4, -0.2) is 36.1 Å². The minimum Gasteiger partial charge on any atom is -0.368 e. The number of hydrogen-bond donors (Lipinski definition) is 2. The van der Waals surface area contributed by atoms with E-state index < -0.39 is 0 Å². The molecule has 2 bridgehead atoms. The molecule has 4 heteroatoms. The van der Waals surface area contributed by atoms with Gasteiger partial charge in [0, 0.05) is 19.3 Å². The summed E-state index contributed by atoms with van der Waals surface area (Å²) in [6, 6.07) is 0.590. The van der Waals surface area contributed by atoms with Crippen molar-refractivity contribution < 1.29 is 4.79 Å². The van der Waals surface area contributed by atoms with Crippen molar-refractivity contribution in [1.29, 1.82) is 0 Å². The monoisotopic (exact) mass is 155 g/mol. The minimum absolute atomic E-state index is 0.0127. The molecule has 4 nitrogen and oxygen atoms in total. The second-order valence-electron chi connectivity index (χ2n) is 3.33. The zero-order valence-electron chi connectivity index (χ0n) is 6.42. The SMILES string of the molecule is NC(=O)[C@@H]1CC[C@@H]2C[N@@]1CN2. The third-order valence-corrected chi connectivity index (χ3v) is 2.60. The van der Waals surface area contributed by atoms with Gasteiger partial charge in [0.05, 0.1) is 6.04 Å². The van der Waals surface area contributed by atoms with Gasteiger partial charge >= 0.3 is 0 Å². The van der Waals surface area contributed by atoms with Gasteiger partial charge in [0.1, 0.15) is 0 Å². The summed E-state index contributed by atoms with van der Waals surface area (Å²) in [5, 5.41) is 3.32. The van der Waals surface area contributed by atoms with Crippen molar-refractivity contribution in [3.8, 4) is 0 Å². The Morgan fingerprint density at radius 3 is 3.09 bits per heavy atom. The van der Waals surface area contributed by atoms with E-state index in [1.54, 1.807) is 0 Å². The lowest BCUT2D eigenvalue weighted by atomic mass is 10.0. The molecule has 0 aliphatic carbocycles. The van der Waals surface area contributed by atoms with Gasteiger partial charge in [0.25, 0.3) is 0 Å². The van der Waals surface area contributed by atoms with Crippen molar-refractivity contribution in [2.75, 3.05) is 13.2 Å². The molecule has 2 aliphatic rings. The maximum Gasteiger partial charge on any atom is 0.234 e. The predicted octanol–water partition coefficient (Wildman–Crippen LogP) is -1.13. The smallest absolute Gasteiger partial charge is 0.234 e. The van der Waals surface area contributed by atoms with Crippen LogP contribution < -0.4 is 11.1 Å². The molecule has 62 valence electrons. The van der Waals surface area contributed by atoms with Crippen LogP contribution in [0.4, 0.5) is 0 Å². The number of carbonyl (C=O) groups is 1. The highest BCUT2D eigenvalue weighted by molar-refractivity contribution is 5.80. The first kappa shape index (κ1) is 7.06. The Labute approximate surface area is 65.7 Å². The molecular formula is C7H13N3O. The first-order valence-electron chi connectivity index (χ1n) is 4.04. The number of nitrogens with one attached hydrogen (secondary N) is 1. The average molecular weight is 155 g/mol. The third-order valence-electron chi connectivity index (χ3n) is 2.60. The number of nitrogens with two attached hydrogens (primary N) is 1. The molecule has 0 unspecified atom stereocenters. The van der Waals surface area contributed by atoms with Gasteiger partial charge in [-0.15, -0.1) is 0 Å². The van der Waals surface area contributed by atoms with E-state index in [1.165, 1.54) is 0 Å². The Bertz CT molecular complexity index is 183. The lowest BCUT2D eigenvalue weighted by Gasteiger charge is -2.28. The summed E-state index contributed by atoms with van der Waals surface area (Å²) in [4.78, 5) is 13.0. The minimum atomic E-state index is -0.174. The van der Waals surface area contributed by atoms with Crippen LogP contribution in [0.15, 0.2) is 0 Å². The number of primary amides is 1. The Morgan fingerprint density at radius 2 is 2.36 bits per heavy atom. The van der Waals surface area contributed by atoms with Crippen LogP contribution >= 0.6 is 0 Å². The topological polar surface area (TPSA) is 58.4 Å². The number of hydrogen-bond acceptors (Lipinski definition) is 3. The van der Waals surface area contributed by atoms with E-state index in [0.717, 1.165) is 26.1 Å². The highest BCUT2D eigenvalue weighted by Gasteiger charge is 2.35. The van der Waals surface area contributed by atoms with Gasteiger partial charge in [0.15, 0.2) is 0 Å². The number of fused-ring (bicyclic) bond motifs is 2. The van der Waals surface area contributed by atoms with Gasteiger partial charge in [-0.2, -0.15) is 0 Å². The van der Waals surface area contributed by atoms with Crippen LogP contribution in [-0.2, 0) is 4.79 Å². The second-order valence-corrected chi connectivity index (χ2v) is 3.33. The summed E-state index contributed by atoms with van der Waals surface area (Å²) in [5.74, 6) is -0.174. The van der Waals surface area contributed by atoms with Crippen LogP contribution in [0.25, 0.3) is 0 Å². The van der Waals surface area contributed by atoms with Gasteiger partial charge in [-0.25, -0.2) is 0 Å². The van der Waals surface area contributed by atoms with Gasteiger partial charge in [-0.1, -0.05) is 0 Å². The molecule has 3 atom stereocenters. The first-order valence-corrected chi connectivity index (χ1v) is 4.04. The lowest BCUT2D eigenvalue weighted by Crippen LogP contribution is -2.46. The molecule has 2 heterocycles. The van der Waals surface area contributed by atoms with Crippen molar-refractivity contribution in [2.45, 2.75) is 24.9 Å². The molecule has 2 rings (SSSR count). The zero-order chi connectivity index (χ0) is 7.84. The molecule has 1 amide bonds. The molecular weight excluding hydrogens is 142 g/mol. The van der Waals surface area contributed by atoms with E-state index in [1.807, 2.05) is 0 Å². The summed E-state index contributed by atoms with van der Waals surface area (Å²) in [6.07, 6.45) is 2.01. The van der Waals surface area contributed by atoms with Crippen molar-refractivity contribution in [3.63, 3.8) is 0 Å². The maximum atomic E-state index is 10.9. The Morgan fingerprint density at radius 1 is 1.55 bits per heavy atom. The second kappa shape index (κ2) is 2.46. The van der Waals surface area contributed by atoms with E-state index >= 15 is 0 Å². The van der Waals surface area contributed by atoms with E-state index in [2.05, 4.69) is 10.2 Å². The van der Waals surface area contributed by atoms with Gasteiger partial charge < -0.3 is 11.1 Å². The maximum absolute atomic E-state index is 10.9. The van der Waals surface area contributed by atoms with E-state index in [4.69, 9.17) is 5.73 Å². The molecule has 0 aromatic carbocycles. The predicted molar refractivity (Wildman–Crippen MR) is 40.7 cm³/mol. The molecule has 2 fully saturated rings. The van der Waals surface area contributed by atoms with Crippen molar-refractivity contribution in [2.24, 2.45) is 5.73 Å². The van der Waals surface area contributed by atoms with Crippen LogP contribution in [0.1, 0.15) is 12.8 Å². The molecule has 3 N–H and O–H groups in total. The normalized spacial score (nSPS) is 42.4. The Kier molecular flexibility index (Phi) is 1.58. The van der Waals surface area contributed by atoms with Crippen molar-refractivity contribution >= 4 is 5.91 Å². The van der Waals surface area contributed by atoms with Gasteiger partial charge in [-0.05, 0) is 12.8 Å². The fraction of sp³-hybridized carbons (Fsp3) is 0.857. The number of nitrogens with zero attached hydrogens (tertiary/aromatic N) is 1. The van der Waals surface area contributed by atoms with E-state index in [0.29, 0.717) is 6.04 Å². The summed E-state index contributed by atoms with van der Waals surface area (Å²) in [7, 11) is 0. The fourth-order valence-corrected chi connectivity index (χ4v) is 1.95. The summed E-state index contributed by atoms with van der Waals surface area (Å²) >= 11 is 0. The zero-order valence-corrected chi connectivity index (χ0v) is 6.42. The van der Waals surface area contributed by atoms with E-state index in [-0.39, 0.29) is 11.9 Å². The molecule has 0 radical (unpaired) electrons. The van der Waals surface area contributed by atoms with Crippen LogP contribution in [0.3, 0.4) is 0 Å². The summed E-state index contributed by atoms with van der Waals surface area (Å²) in [6.45, 7) is 1.83. The van der Waals surface area contributed by atoms with Crippen molar-refractivity contribution in [3.05, 3.63) is 0 Å². The summed E-state index contributed by atoms with van der Waals surface area (Å²) < 4.78 is 0. The lowest BCUT2D eigenvalue weighted by molar-refractivity contribution is -0.123.